The number of hydrogen-bond donors (Lipinski definition) is 6. The third kappa shape index (κ3) is 3.91. The molecule has 1 aliphatic heterocycles. The van der Waals surface area contributed by atoms with Crippen LogP contribution in [0.5, 0.6) is 0 Å². The van der Waals surface area contributed by atoms with Gasteiger partial charge in [-0.05, 0) is 0 Å². The molecule has 19 heavy (non-hydrogen) atoms. The van der Waals surface area contributed by atoms with Crippen LogP contribution in [0.25, 0.3) is 0 Å². The minimum atomic E-state index is -1.72. The highest BCUT2D eigenvalue weighted by atomic mass is 16.7. The van der Waals surface area contributed by atoms with Gasteiger partial charge in [0, 0.05) is 0 Å². The van der Waals surface area contributed by atoms with Crippen LogP contribution in [0, 0.1) is 0 Å². The van der Waals surface area contributed by atoms with Crippen molar-refractivity contribution >= 4 is 6.29 Å². The number of aliphatic hydroxyl groups excluding tert-OH is 6. The monoisotopic (exact) mass is 282 g/mol. The van der Waals surface area contributed by atoms with Crippen molar-refractivity contribution in [2.24, 2.45) is 0 Å². The van der Waals surface area contributed by atoms with Gasteiger partial charge >= 0.3 is 0 Å². The van der Waals surface area contributed by atoms with E-state index in [4.69, 9.17) is 14.6 Å². The Morgan fingerprint density at radius 2 is 1.89 bits per heavy atom. The molecule has 0 aromatic heterocycles. The zero-order chi connectivity index (χ0) is 14.6. The topological polar surface area (TPSA) is 157 Å². The van der Waals surface area contributed by atoms with Gasteiger partial charge in [0.1, 0.15) is 36.6 Å². The van der Waals surface area contributed by atoms with Crippen LogP contribution in [0.3, 0.4) is 0 Å². The maximum Gasteiger partial charge on any atom is 0.187 e. The number of ether oxygens (including phenoxy) is 2. The van der Waals surface area contributed by atoms with Gasteiger partial charge in [-0.1, -0.05) is 0 Å². The maximum absolute atomic E-state index is 10.8. The van der Waals surface area contributed by atoms with Gasteiger partial charge in [-0.25, -0.2) is 0 Å². The molecular weight excluding hydrogens is 264 g/mol. The van der Waals surface area contributed by atoms with Gasteiger partial charge in [-0.15, -0.1) is 0 Å². The van der Waals surface area contributed by atoms with E-state index in [1.807, 2.05) is 0 Å². The number of rotatable bonds is 6. The van der Waals surface area contributed by atoms with Crippen molar-refractivity contribution in [3.63, 3.8) is 0 Å². The Labute approximate surface area is 108 Å². The summed E-state index contributed by atoms with van der Waals surface area (Å²) in [5.74, 6) is 0. The van der Waals surface area contributed by atoms with E-state index in [1.54, 1.807) is 0 Å². The SMILES string of the molecule is O=C[C@H](OC1OC[C@@H](O)[C@H](O)[C@H]1O)[C@@H](O)[C@H](O)CO. The normalized spacial score (nSPS) is 36.5. The zero-order valence-corrected chi connectivity index (χ0v) is 9.94. The second kappa shape index (κ2) is 7.22. The Balaban J connectivity index is 2.63. The Hall–Kier alpha value is -0.650. The molecule has 9 heteroatoms. The van der Waals surface area contributed by atoms with Gasteiger partial charge in [0.05, 0.1) is 13.2 Å². The third-order valence-electron chi connectivity index (χ3n) is 2.80. The summed E-state index contributed by atoms with van der Waals surface area (Å²) in [5, 5.41) is 55.5. The molecule has 1 aliphatic rings. The third-order valence-corrected chi connectivity index (χ3v) is 2.80. The second-order valence-electron chi connectivity index (χ2n) is 4.23. The van der Waals surface area contributed by atoms with E-state index in [1.165, 1.54) is 0 Å². The Morgan fingerprint density at radius 1 is 1.26 bits per heavy atom. The summed E-state index contributed by atoms with van der Waals surface area (Å²) in [6.45, 7) is -1.11. The fourth-order valence-electron chi connectivity index (χ4n) is 1.57. The Morgan fingerprint density at radius 3 is 2.42 bits per heavy atom. The molecule has 112 valence electrons. The summed E-state index contributed by atoms with van der Waals surface area (Å²) < 4.78 is 9.80. The second-order valence-corrected chi connectivity index (χ2v) is 4.23. The van der Waals surface area contributed by atoms with E-state index < -0.39 is 49.5 Å². The number of carbonyl (C=O) groups is 1. The average Bonchev–Trinajstić information content (AvgIpc) is 2.42. The molecule has 0 aliphatic carbocycles. The smallest absolute Gasteiger partial charge is 0.187 e. The molecular formula is C10H18O9. The van der Waals surface area contributed by atoms with Crippen LogP contribution in [0.1, 0.15) is 0 Å². The Kier molecular flexibility index (Phi) is 6.23. The molecule has 0 aromatic carbocycles. The van der Waals surface area contributed by atoms with E-state index in [2.05, 4.69) is 0 Å². The molecule has 1 fully saturated rings. The molecule has 1 unspecified atom stereocenters. The molecule has 6 N–H and O–H groups in total. The minimum Gasteiger partial charge on any atom is -0.394 e. The summed E-state index contributed by atoms with van der Waals surface area (Å²) in [6.07, 6.45) is -10.6. The van der Waals surface area contributed by atoms with E-state index in [9.17, 15) is 30.3 Å². The van der Waals surface area contributed by atoms with Crippen molar-refractivity contribution in [2.45, 2.75) is 42.9 Å². The van der Waals surface area contributed by atoms with Crippen molar-refractivity contribution in [1.82, 2.24) is 0 Å². The first-order valence-electron chi connectivity index (χ1n) is 5.66. The molecule has 0 bridgehead atoms. The van der Waals surface area contributed by atoms with Crippen LogP contribution < -0.4 is 0 Å². The standard InChI is InChI=1S/C10H18O9/c11-1-4(13)7(15)6(2-12)19-10-9(17)8(16)5(14)3-18-10/h2,4-11,13-17H,1,3H2/t4-,5-,6+,7+,8+,9-,10?/m1/s1. The van der Waals surface area contributed by atoms with E-state index >= 15 is 0 Å². The van der Waals surface area contributed by atoms with Crippen LogP contribution in [0.4, 0.5) is 0 Å². The first kappa shape index (κ1) is 16.4. The molecule has 0 radical (unpaired) electrons. The number of carbonyl (C=O) groups excluding carboxylic acids is 1. The van der Waals surface area contributed by atoms with Crippen molar-refractivity contribution in [2.75, 3.05) is 13.2 Å². The van der Waals surface area contributed by atoms with Gasteiger partial charge in [0.15, 0.2) is 12.6 Å². The lowest BCUT2D eigenvalue weighted by molar-refractivity contribution is -0.287. The molecule has 9 nitrogen and oxygen atoms in total. The molecule has 1 saturated heterocycles. The molecule has 0 saturated carbocycles. The highest BCUT2D eigenvalue weighted by Crippen LogP contribution is 2.19. The lowest BCUT2D eigenvalue weighted by Gasteiger charge is -2.36. The van der Waals surface area contributed by atoms with Crippen LogP contribution in [0.2, 0.25) is 0 Å². The number of hydrogen-bond acceptors (Lipinski definition) is 9. The predicted octanol–water partition coefficient (Wildman–Crippen LogP) is -4.28. The van der Waals surface area contributed by atoms with E-state index in [0.717, 1.165) is 0 Å². The van der Waals surface area contributed by atoms with Gasteiger partial charge in [-0.2, -0.15) is 0 Å². The first-order chi connectivity index (χ1) is 8.92. The lowest BCUT2D eigenvalue weighted by atomic mass is 10.0. The van der Waals surface area contributed by atoms with E-state index in [-0.39, 0.29) is 12.9 Å². The highest BCUT2D eigenvalue weighted by molar-refractivity contribution is 5.57. The number of aldehydes is 1. The van der Waals surface area contributed by atoms with Gasteiger partial charge < -0.3 is 44.9 Å². The average molecular weight is 282 g/mol. The fraction of sp³-hybridized carbons (Fsp3) is 0.900. The summed E-state index contributed by atoms with van der Waals surface area (Å²) >= 11 is 0. The largest absolute Gasteiger partial charge is 0.394 e. The summed E-state index contributed by atoms with van der Waals surface area (Å²) in [4.78, 5) is 10.8. The fourth-order valence-corrected chi connectivity index (χ4v) is 1.57. The van der Waals surface area contributed by atoms with E-state index in [0.29, 0.717) is 0 Å². The molecule has 0 spiro atoms. The molecule has 7 atom stereocenters. The lowest BCUT2D eigenvalue weighted by Crippen LogP contribution is -2.56. The van der Waals surface area contributed by atoms with Crippen LogP contribution in [0.15, 0.2) is 0 Å². The van der Waals surface area contributed by atoms with Crippen LogP contribution in [-0.4, -0.2) is 93.1 Å². The minimum absolute atomic E-state index is 0.164. The van der Waals surface area contributed by atoms with Crippen molar-refractivity contribution in [3.05, 3.63) is 0 Å². The zero-order valence-electron chi connectivity index (χ0n) is 9.94. The summed E-state index contributed by atoms with van der Waals surface area (Å²) in [5.41, 5.74) is 0. The van der Waals surface area contributed by atoms with Crippen LogP contribution in [-0.2, 0) is 14.3 Å². The van der Waals surface area contributed by atoms with Gasteiger partial charge in [-0.3, -0.25) is 0 Å². The summed E-state index contributed by atoms with van der Waals surface area (Å²) in [7, 11) is 0. The molecule has 0 aromatic rings. The highest BCUT2D eigenvalue weighted by Gasteiger charge is 2.41. The van der Waals surface area contributed by atoms with Crippen LogP contribution >= 0.6 is 0 Å². The molecule has 1 rings (SSSR count). The van der Waals surface area contributed by atoms with Gasteiger partial charge in [0.2, 0.25) is 0 Å². The van der Waals surface area contributed by atoms with Crippen molar-refractivity contribution in [3.8, 4) is 0 Å². The number of aliphatic hydroxyl groups is 6. The molecule has 1 heterocycles. The first-order valence-corrected chi connectivity index (χ1v) is 5.66. The Bertz CT molecular complexity index is 286. The van der Waals surface area contributed by atoms with Crippen molar-refractivity contribution < 1.29 is 44.9 Å². The summed E-state index contributed by atoms with van der Waals surface area (Å²) in [6, 6.07) is 0. The molecule has 0 amide bonds. The quantitative estimate of drug-likeness (QED) is 0.265. The van der Waals surface area contributed by atoms with Crippen molar-refractivity contribution in [1.29, 1.82) is 0 Å². The predicted molar refractivity (Wildman–Crippen MR) is 57.8 cm³/mol. The van der Waals surface area contributed by atoms with Gasteiger partial charge in [0.25, 0.3) is 0 Å². The maximum atomic E-state index is 10.8.